The molecule has 0 fully saturated rings. The van der Waals surface area contributed by atoms with E-state index < -0.39 is 17.4 Å². The Kier molecular flexibility index (Phi) is 6.83. The molecule has 154 valence electrons. The number of nitrogens with zero attached hydrogens (tertiary/aromatic N) is 3. The van der Waals surface area contributed by atoms with E-state index in [0.29, 0.717) is 21.7 Å². The van der Waals surface area contributed by atoms with E-state index in [2.05, 4.69) is 9.97 Å². The maximum absolute atomic E-state index is 12.4. The van der Waals surface area contributed by atoms with E-state index in [1.165, 1.54) is 23.4 Å². The van der Waals surface area contributed by atoms with Crippen molar-refractivity contribution in [1.82, 2.24) is 19.1 Å². The zero-order valence-electron chi connectivity index (χ0n) is 16.0. The van der Waals surface area contributed by atoms with Crippen LogP contribution in [-0.2, 0) is 13.6 Å². The minimum absolute atomic E-state index is 0.0398. The maximum atomic E-state index is 12.4. The third-order valence-corrected chi connectivity index (χ3v) is 5.19. The number of ether oxygens (including phenoxy) is 1. The molecule has 3 aromatic rings. The molecule has 2 aromatic heterocycles. The summed E-state index contributed by atoms with van der Waals surface area (Å²) in [6.07, 6.45) is 0.919. The fourth-order valence-corrected chi connectivity index (χ4v) is 3.82. The minimum atomic E-state index is -0.895. The van der Waals surface area contributed by atoms with Crippen LogP contribution in [0, 0.1) is 0 Å². The predicted octanol–water partition coefficient (Wildman–Crippen LogP) is 2.10. The third kappa shape index (κ3) is 5.11. The first-order valence-corrected chi connectivity index (χ1v) is 10.2. The number of fused-ring (bicyclic) bond motifs is 1. The molecule has 0 aliphatic heterocycles. The van der Waals surface area contributed by atoms with Crippen LogP contribution in [0.1, 0.15) is 6.92 Å². The number of thioether (sulfide) groups is 1. The van der Waals surface area contributed by atoms with Gasteiger partial charge in [-0.1, -0.05) is 47.6 Å². The summed E-state index contributed by atoms with van der Waals surface area (Å²) in [4.78, 5) is 31.1. The summed E-state index contributed by atoms with van der Waals surface area (Å²) < 4.78 is 8.47. The Morgan fingerprint density at radius 2 is 2.10 bits per heavy atom. The van der Waals surface area contributed by atoms with E-state index in [1.54, 1.807) is 23.6 Å². The predicted molar refractivity (Wildman–Crippen MR) is 114 cm³/mol. The van der Waals surface area contributed by atoms with E-state index in [-0.39, 0.29) is 24.3 Å². The van der Waals surface area contributed by atoms with E-state index in [4.69, 9.17) is 16.3 Å². The molecule has 1 aromatic carbocycles. The number of rotatable bonds is 8. The van der Waals surface area contributed by atoms with E-state index in [9.17, 15) is 14.7 Å². The lowest BCUT2D eigenvalue weighted by molar-refractivity contribution is 0.0914. The second-order valence-corrected chi connectivity index (χ2v) is 7.96. The van der Waals surface area contributed by atoms with Gasteiger partial charge in [0.25, 0.3) is 5.56 Å². The van der Waals surface area contributed by atoms with E-state index in [1.807, 2.05) is 24.3 Å². The molecule has 0 aliphatic rings. The number of benzene rings is 1. The first-order chi connectivity index (χ1) is 13.9. The number of halogens is 1. The van der Waals surface area contributed by atoms with E-state index >= 15 is 0 Å². The van der Waals surface area contributed by atoms with Crippen LogP contribution >= 0.6 is 23.4 Å². The van der Waals surface area contributed by atoms with Crippen LogP contribution in [0.2, 0.25) is 0 Å². The fraction of sp³-hybridized carbons (Fsp3) is 0.316. The minimum Gasteiger partial charge on any atom is -0.491 e. The molecular formula is C19H21ClN4O4S. The lowest BCUT2D eigenvalue weighted by Crippen LogP contribution is -2.30. The molecular weight excluding hydrogens is 416 g/mol. The Morgan fingerprint density at radius 1 is 1.38 bits per heavy atom. The van der Waals surface area contributed by atoms with Crippen molar-refractivity contribution in [2.45, 2.75) is 24.7 Å². The first kappa shape index (κ1) is 21.2. The molecule has 0 aliphatic carbocycles. The number of nitrogens with one attached hydrogen (secondary N) is 1. The zero-order chi connectivity index (χ0) is 21.0. The van der Waals surface area contributed by atoms with Gasteiger partial charge >= 0.3 is 5.69 Å². The van der Waals surface area contributed by atoms with Crippen molar-refractivity contribution in [3.63, 3.8) is 0 Å². The molecule has 0 spiro atoms. The lowest BCUT2D eigenvalue weighted by atomic mass is 10.3. The maximum Gasteiger partial charge on any atom is 0.329 e. The molecule has 0 saturated heterocycles. The van der Waals surface area contributed by atoms with Crippen LogP contribution in [0.5, 0.6) is 5.75 Å². The van der Waals surface area contributed by atoms with Gasteiger partial charge in [0.2, 0.25) is 0 Å². The number of hydrogen-bond acceptors (Lipinski definition) is 6. The number of H-pyrrole nitrogens is 1. The van der Waals surface area contributed by atoms with Crippen LogP contribution in [0.3, 0.4) is 0 Å². The molecule has 2 N–H and O–H groups in total. The molecule has 1 atom stereocenters. The highest BCUT2D eigenvalue weighted by Crippen LogP contribution is 2.23. The molecule has 0 amide bonds. The Labute approximate surface area is 175 Å². The van der Waals surface area contributed by atoms with Crippen molar-refractivity contribution < 1.29 is 9.84 Å². The highest BCUT2D eigenvalue weighted by molar-refractivity contribution is 7.99. The fourth-order valence-electron chi connectivity index (χ4n) is 2.70. The van der Waals surface area contributed by atoms with Gasteiger partial charge in [-0.15, -0.1) is 0 Å². The normalized spacial score (nSPS) is 13.0. The number of para-hydroxylation sites is 1. The molecule has 0 unspecified atom stereocenters. The number of imidazole rings is 1. The van der Waals surface area contributed by atoms with Gasteiger partial charge in [0.05, 0.1) is 6.54 Å². The lowest BCUT2D eigenvalue weighted by Gasteiger charge is -2.15. The van der Waals surface area contributed by atoms with Crippen molar-refractivity contribution in [1.29, 1.82) is 0 Å². The van der Waals surface area contributed by atoms with Crippen molar-refractivity contribution in [3.05, 3.63) is 62.3 Å². The van der Waals surface area contributed by atoms with Crippen LogP contribution in [0.4, 0.5) is 0 Å². The summed E-state index contributed by atoms with van der Waals surface area (Å²) in [7, 11) is 1.53. The zero-order valence-corrected chi connectivity index (χ0v) is 17.5. The standard InChI is InChI=1S/C19H21ClN4O4S/c1-12(20)8-9-29-19-21-16-15(17(26)22-18(27)23(16)2)24(19)10-13(25)11-28-14-6-4-3-5-7-14/h3-8,13,25H,9-11H2,1-2H3,(H,22,26,27)/b12-8+/t13-/m0/s1. The summed E-state index contributed by atoms with van der Waals surface area (Å²) in [6.45, 7) is 1.89. The summed E-state index contributed by atoms with van der Waals surface area (Å²) in [5.41, 5.74) is -0.625. The largest absolute Gasteiger partial charge is 0.491 e. The Balaban J connectivity index is 1.90. The molecule has 2 heterocycles. The van der Waals surface area contributed by atoms with Crippen LogP contribution in [-0.4, -0.2) is 42.7 Å². The Bertz CT molecular complexity index is 1130. The monoisotopic (exact) mass is 436 g/mol. The molecule has 10 heteroatoms. The molecule has 0 bridgehead atoms. The van der Waals surface area contributed by atoms with Crippen molar-refractivity contribution in [3.8, 4) is 5.75 Å². The quantitative estimate of drug-likeness (QED) is 0.524. The van der Waals surface area contributed by atoms with Crippen LogP contribution in [0.15, 0.2) is 56.2 Å². The molecule has 0 radical (unpaired) electrons. The third-order valence-electron chi connectivity index (χ3n) is 4.13. The smallest absolute Gasteiger partial charge is 0.329 e. The number of aromatic amines is 1. The summed E-state index contributed by atoms with van der Waals surface area (Å²) in [6, 6.07) is 9.14. The van der Waals surface area contributed by atoms with Gasteiger partial charge in [0.15, 0.2) is 16.3 Å². The topological polar surface area (TPSA) is 102 Å². The number of hydrogen-bond donors (Lipinski definition) is 2. The number of aryl methyl sites for hydroxylation is 1. The molecule has 0 saturated carbocycles. The Hall–Kier alpha value is -2.49. The SMILES string of the molecule is C/C(Cl)=C\CSc1nc2c(c(=O)[nH]c(=O)n2C)n1C[C@H](O)COc1ccccc1. The van der Waals surface area contributed by atoms with Crippen molar-refractivity contribution in [2.75, 3.05) is 12.4 Å². The highest BCUT2D eigenvalue weighted by atomic mass is 35.5. The average Bonchev–Trinajstić information content (AvgIpc) is 3.04. The van der Waals surface area contributed by atoms with Gasteiger partial charge in [-0.3, -0.25) is 14.3 Å². The highest BCUT2D eigenvalue weighted by Gasteiger charge is 2.20. The van der Waals surface area contributed by atoms with Gasteiger partial charge in [-0.2, -0.15) is 0 Å². The van der Waals surface area contributed by atoms with Crippen molar-refractivity contribution in [2.24, 2.45) is 7.05 Å². The van der Waals surface area contributed by atoms with Crippen LogP contribution in [0.25, 0.3) is 11.2 Å². The summed E-state index contributed by atoms with van der Waals surface area (Å²) >= 11 is 7.23. The molecule has 29 heavy (non-hydrogen) atoms. The summed E-state index contributed by atoms with van der Waals surface area (Å²) in [5.74, 6) is 1.17. The van der Waals surface area contributed by atoms with Gasteiger partial charge in [-0.25, -0.2) is 9.78 Å². The Morgan fingerprint density at radius 3 is 2.79 bits per heavy atom. The van der Waals surface area contributed by atoms with Crippen molar-refractivity contribution >= 4 is 34.5 Å². The number of allylic oxidation sites excluding steroid dienone is 1. The number of aliphatic hydroxyl groups is 1. The molecule has 3 rings (SSSR count). The van der Waals surface area contributed by atoms with Gasteiger partial charge in [0.1, 0.15) is 18.5 Å². The van der Waals surface area contributed by atoms with Gasteiger partial charge < -0.3 is 14.4 Å². The van der Waals surface area contributed by atoms with E-state index in [0.717, 1.165) is 0 Å². The number of aromatic nitrogens is 4. The van der Waals surface area contributed by atoms with Gasteiger partial charge in [-0.05, 0) is 19.1 Å². The second-order valence-electron chi connectivity index (χ2n) is 6.38. The number of aliphatic hydroxyl groups excluding tert-OH is 1. The average molecular weight is 437 g/mol. The first-order valence-electron chi connectivity index (χ1n) is 8.87. The van der Waals surface area contributed by atoms with Crippen LogP contribution < -0.4 is 16.0 Å². The summed E-state index contributed by atoms with van der Waals surface area (Å²) in [5, 5.41) is 11.6. The second kappa shape index (κ2) is 9.34. The molecule has 8 nitrogen and oxygen atoms in total. The van der Waals surface area contributed by atoms with Gasteiger partial charge in [0, 0.05) is 17.8 Å².